The first-order valence-corrected chi connectivity index (χ1v) is 22.6. The van der Waals surface area contributed by atoms with Crippen molar-refractivity contribution in [3.05, 3.63) is 131 Å². The Morgan fingerprint density at radius 1 is 0.733 bits per heavy atom. The molecule has 5 aromatic rings. The van der Waals surface area contributed by atoms with Gasteiger partial charge in [-0.1, -0.05) is 105 Å². The SMILES string of the molecule is CCCN(C(=O)C(c1ccccc1)N1CCCCC1)C(C)c1ncc(-c2ccc(C#Cc3cnc(C(C)(C)N(CCC)CC(c4ccccc4)N4CCCCC4)[nH]3)cc2)[nH]1. The maximum Gasteiger partial charge on any atom is 0.245 e. The van der Waals surface area contributed by atoms with Gasteiger partial charge in [-0.15, -0.1) is 0 Å². The van der Waals surface area contributed by atoms with Gasteiger partial charge in [-0.2, -0.15) is 0 Å². The number of benzene rings is 3. The van der Waals surface area contributed by atoms with Crippen molar-refractivity contribution in [1.82, 2.24) is 39.5 Å². The van der Waals surface area contributed by atoms with Crippen LogP contribution in [0.5, 0.6) is 0 Å². The van der Waals surface area contributed by atoms with Crippen molar-refractivity contribution in [2.45, 2.75) is 110 Å². The normalized spacial score (nSPS) is 16.8. The molecule has 3 atom stereocenters. The fourth-order valence-corrected chi connectivity index (χ4v) is 9.19. The highest BCUT2D eigenvalue weighted by Crippen LogP contribution is 2.33. The van der Waals surface area contributed by atoms with Gasteiger partial charge in [-0.25, -0.2) is 9.97 Å². The Balaban J connectivity index is 1.03. The molecular weight excluding hydrogens is 741 g/mol. The maximum absolute atomic E-state index is 14.5. The van der Waals surface area contributed by atoms with Crippen LogP contribution in [0.15, 0.2) is 97.3 Å². The summed E-state index contributed by atoms with van der Waals surface area (Å²) in [5, 5.41) is 0. The molecule has 60 heavy (non-hydrogen) atoms. The van der Waals surface area contributed by atoms with Crippen LogP contribution in [-0.2, 0) is 10.3 Å². The third kappa shape index (κ3) is 10.3. The average Bonchev–Trinajstić information content (AvgIpc) is 3.99. The van der Waals surface area contributed by atoms with Crippen molar-refractivity contribution >= 4 is 5.91 Å². The maximum atomic E-state index is 14.5. The van der Waals surface area contributed by atoms with Gasteiger partial charge in [-0.05, 0) is 127 Å². The number of likely N-dealkylation sites (tertiary alicyclic amines) is 2. The fraction of sp³-hybridized carbons (Fsp3) is 0.471. The highest BCUT2D eigenvalue weighted by Gasteiger charge is 2.36. The monoisotopic (exact) mass is 807 g/mol. The summed E-state index contributed by atoms with van der Waals surface area (Å²) in [7, 11) is 0. The number of aromatic nitrogens is 4. The number of nitrogens with zero attached hydrogens (tertiary/aromatic N) is 6. The van der Waals surface area contributed by atoms with Crippen molar-refractivity contribution < 1.29 is 4.79 Å². The second-order valence-corrected chi connectivity index (χ2v) is 17.3. The standard InChI is InChI=1S/C51H66N8O/c1-6-30-58(38-46(42-20-12-8-13-21-42)56-32-16-10-17-33-56)51(4,5)50-53-36-44(54-50)29-26-40-24-27-41(28-25-40)45-37-52-48(55-45)39(3)59(31-7-2)49(60)47(43-22-14-9-15-23-43)57-34-18-11-19-35-57/h8-9,12-15,20-25,27-28,36-37,39,46-47H,6-7,10-11,16-19,30-35,38H2,1-5H3,(H,52,55)(H,53,54). The zero-order chi connectivity index (χ0) is 41.9. The molecule has 0 bridgehead atoms. The minimum Gasteiger partial charge on any atom is -0.340 e. The Labute approximate surface area is 359 Å². The topological polar surface area (TPSA) is 87.4 Å². The molecular formula is C51H66N8O. The molecule has 2 N–H and O–H groups in total. The first-order chi connectivity index (χ1) is 29.3. The molecule has 2 aliphatic rings. The molecule has 3 unspecified atom stereocenters. The molecule has 7 rings (SSSR count). The summed E-state index contributed by atoms with van der Waals surface area (Å²) in [6, 6.07) is 29.5. The number of piperidine rings is 2. The number of nitrogens with one attached hydrogen (secondary N) is 2. The van der Waals surface area contributed by atoms with Gasteiger partial charge < -0.3 is 14.9 Å². The zero-order valence-electron chi connectivity index (χ0n) is 36.7. The number of imidazole rings is 2. The third-order valence-corrected chi connectivity index (χ3v) is 12.7. The molecule has 2 aliphatic heterocycles. The lowest BCUT2D eigenvalue weighted by atomic mass is 9.96. The fourth-order valence-electron chi connectivity index (χ4n) is 9.19. The molecule has 2 saturated heterocycles. The van der Waals surface area contributed by atoms with Gasteiger partial charge in [0.25, 0.3) is 0 Å². The Kier molecular flexibility index (Phi) is 14.7. The molecule has 1 amide bonds. The lowest BCUT2D eigenvalue weighted by Gasteiger charge is -2.43. The van der Waals surface area contributed by atoms with E-state index in [1.807, 2.05) is 35.5 Å². The Morgan fingerprint density at radius 2 is 1.35 bits per heavy atom. The quantitative estimate of drug-likeness (QED) is 0.0967. The van der Waals surface area contributed by atoms with Crippen LogP contribution in [0.1, 0.15) is 138 Å². The first kappa shape index (κ1) is 43.1. The van der Waals surface area contributed by atoms with Gasteiger partial charge >= 0.3 is 0 Å². The van der Waals surface area contributed by atoms with E-state index in [-0.39, 0.29) is 23.5 Å². The summed E-state index contributed by atoms with van der Waals surface area (Å²) >= 11 is 0. The van der Waals surface area contributed by atoms with Crippen molar-refractivity contribution in [1.29, 1.82) is 0 Å². The van der Waals surface area contributed by atoms with Crippen LogP contribution < -0.4 is 0 Å². The van der Waals surface area contributed by atoms with Crippen LogP contribution in [-0.4, -0.2) is 91.3 Å². The molecule has 2 aromatic heterocycles. The first-order valence-electron chi connectivity index (χ1n) is 22.6. The number of H-pyrrole nitrogens is 2. The van der Waals surface area contributed by atoms with E-state index >= 15 is 0 Å². The van der Waals surface area contributed by atoms with Crippen molar-refractivity contribution in [2.75, 3.05) is 45.8 Å². The summed E-state index contributed by atoms with van der Waals surface area (Å²) in [5.41, 5.74) is 5.82. The number of hydrogen-bond acceptors (Lipinski definition) is 6. The molecule has 316 valence electrons. The van der Waals surface area contributed by atoms with Crippen LogP contribution in [0.3, 0.4) is 0 Å². The van der Waals surface area contributed by atoms with Crippen LogP contribution in [0.2, 0.25) is 0 Å². The van der Waals surface area contributed by atoms with E-state index in [2.05, 4.69) is 138 Å². The summed E-state index contributed by atoms with van der Waals surface area (Å²) in [5.74, 6) is 8.57. The van der Waals surface area contributed by atoms with E-state index in [0.717, 1.165) is 105 Å². The van der Waals surface area contributed by atoms with E-state index in [1.54, 1.807) is 0 Å². The van der Waals surface area contributed by atoms with E-state index in [1.165, 1.54) is 31.2 Å². The number of carbonyl (C=O) groups excluding carboxylic acids is 1. The molecule has 0 spiro atoms. The zero-order valence-corrected chi connectivity index (χ0v) is 36.7. The van der Waals surface area contributed by atoms with E-state index in [9.17, 15) is 4.79 Å². The smallest absolute Gasteiger partial charge is 0.245 e. The van der Waals surface area contributed by atoms with Crippen LogP contribution in [0, 0.1) is 11.8 Å². The minimum atomic E-state index is -0.307. The molecule has 0 saturated carbocycles. The molecule has 2 fully saturated rings. The second kappa shape index (κ2) is 20.5. The summed E-state index contributed by atoms with van der Waals surface area (Å²) in [6.45, 7) is 17.8. The van der Waals surface area contributed by atoms with Crippen molar-refractivity contribution in [3.8, 4) is 23.1 Å². The average molecular weight is 807 g/mol. The lowest BCUT2D eigenvalue weighted by Crippen LogP contribution is -2.48. The van der Waals surface area contributed by atoms with Crippen molar-refractivity contribution in [3.63, 3.8) is 0 Å². The highest BCUT2D eigenvalue weighted by atomic mass is 16.2. The van der Waals surface area contributed by atoms with Gasteiger partial charge in [0.15, 0.2) is 0 Å². The number of hydrogen-bond donors (Lipinski definition) is 2. The number of aromatic amines is 2. The van der Waals surface area contributed by atoms with Gasteiger partial charge in [0.05, 0.1) is 29.7 Å². The van der Waals surface area contributed by atoms with E-state index in [4.69, 9.17) is 9.97 Å². The van der Waals surface area contributed by atoms with Gasteiger partial charge in [0.2, 0.25) is 5.91 Å². The second-order valence-electron chi connectivity index (χ2n) is 17.3. The highest BCUT2D eigenvalue weighted by molar-refractivity contribution is 5.83. The Bertz CT molecular complexity index is 2140. The van der Waals surface area contributed by atoms with Crippen molar-refractivity contribution in [2.24, 2.45) is 0 Å². The third-order valence-electron chi connectivity index (χ3n) is 12.7. The van der Waals surface area contributed by atoms with Gasteiger partial charge in [0.1, 0.15) is 23.4 Å². The number of carbonyl (C=O) groups is 1. The molecule has 3 aromatic carbocycles. The minimum absolute atomic E-state index is 0.147. The molecule has 4 heterocycles. The van der Waals surface area contributed by atoms with Crippen LogP contribution >= 0.6 is 0 Å². The number of amides is 1. The molecule has 9 nitrogen and oxygen atoms in total. The molecule has 0 radical (unpaired) electrons. The van der Waals surface area contributed by atoms with Crippen LogP contribution in [0.4, 0.5) is 0 Å². The number of rotatable bonds is 16. The Hall–Kier alpha value is -5.01. The van der Waals surface area contributed by atoms with E-state index < -0.39 is 0 Å². The summed E-state index contributed by atoms with van der Waals surface area (Å²) < 4.78 is 0. The Morgan fingerprint density at radius 3 is 1.98 bits per heavy atom. The molecule has 9 heteroatoms. The summed E-state index contributed by atoms with van der Waals surface area (Å²) in [4.78, 5) is 41.0. The predicted octanol–water partition coefficient (Wildman–Crippen LogP) is 9.90. The summed E-state index contributed by atoms with van der Waals surface area (Å²) in [6.07, 6.45) is 13.0. The van der Waals surface area contributed by atoms with Gasteiger partial charge in [-0.3, -0.25) is 19.5 Å². The van der Waals surface area contributed by atoms with Crippen LogP contribution in [0.25, 0.3) is 11.3 Å². The van der Waals surface area contributed by atoms with Gasteiger partial charge in [0, 0.05) is 24.7 Å². The largest absolute Gasteiger partial charge is 0.340 e. The lowest BCUT2D eigenvalue weighted by molar-refractivity contribution is -0.140. The molecule has 0 aliphatic carbocycles. The van der Waals surface area contributed by atoms with E-state index in [0.29, 0.717) is 12.6 Å². The predicted molar refractivity (Wildman–Crippen MR) is 243 cm³/mol.